The predicted molar refractivity (Wildman–Crippen MR) is 121 cm³/mol. The predicted octanol–water partition coefficient (Wildman–Crippen LogP) is 2.01. The van der Waals surface area contributed by atoms with Gasteiger partial charge in [-0.1, -0.05) is 17.7 Å². The Morgan fingerprint density at radius 2 is 1.68 bits per heavy atom. The summed E-state index contributed by atoms with van der Waals surface area (Å²) in [7, 11) is -3.80. The number of carbonyl (C=O) groups excluding carboxylic acids is 1. The summed E-state index contributed by atoms with van der Waals surface area (Å²) in [5.41, 5.74) is 0.419. The van der Waals surface area contributed by atoms with Crippen LogP contribution in [0, 0.1) is 0 Å². The summed E-state index contributed by atoms with van der Waals surface area (Å²) in [5, 5.41) is 8.54. The Kier molecular flexibility index (Phi) is 8.28. The zero-order valence-corrected chi connectivity index (χ0v) is 18.7. The van der Waals surface area contributed by atoms with Gasteiger partial charge in [-0.3, -0.25) is 9.69 Å². The van der Waals surface area contributed by atoms with Crippen molar-refractivity contribution < 1.29 is 17.9 Å². The van der Waals surface area contributed by atoms with E-state index in [0.717, 1.165) is 38.5 Å². The summed E-state index contributed by atoms with van der Waals surface area (Å²) in [5.74, 6) is 0.647. The van der Waals surface area contributed by atoms with Gasteiger partial charge in [-0.25, -0.2) is 13.6 Å². The first-order valence-electron chi connectivity index (χ1n) is 10.1. The highest BCUT2D eigenvalue weighted by Gasteiger charge is 2.17. The van der Waals surface area contributed by atoms with Crippen molar-refractivity contribution in [3.05, 3.63) is 53.6 Å². The van der Waals surface area contributed by atoms with Gasteiger partial charge in [-0.2, -0.15) is 0 Å². The number of sulfonamides is 1. The maximum atomic E-state index is 12.2. The van der Waals surface area contributed by atoms with Crippen LogP contribution in [0.1, 0.15) is 6.42 Å². The smallest absolute Gasteiger partial charge is 0.238 e. The van der Waals surface area contributed by atoms with Gasteiger partial charge in [-0.05, 0) is 42.5 Å². The van der Waals surface area contributed by atoms with Crippen LogP contribution in [0.2, 0.25) is 5.02 Å². The Morgan fingerprint density at radius 3 is 2.32 bits per heavy atom. The summed E-state index contributed by atoms with van der Waals surface area (Å²) in [4.78, 5) is 16.8. The highest BCUT2D eigenvalue weighted by Crippen LogP contribution is 2.16. The SMILES string of the molecule is NS(=O)(=O)c1cccc(NC(=O)CCN2CCN(CCOc3ccc(Cl)cc3)CC2)c1. The molecule has 0 bridgehead atoms. The van der Waals surface area contributed by atoms with Crippen LogP contribution in [-0.4, -0.2) is 70.0 Å². The molecule has 1 saturated heterocycles. The Labute approximate surface area is 188 Å². The number of carbonyl (C=O) groups is 1. The molecule has 0 radical (unpaired) electrons. The molecule has 8 nitrogen and oxygen atoms in total. The molecular formula is C21H27ClN4O4S. The van der Waals surface area contributed by atoms with Crippen LogP contribution in [-0.2, 0) is 14.8 Å². The molecule has 0 spiro atoms. The zero-order valence-electron chi connectivity index (χ0n) is 17.2. The molecule has 0 saturated carbocycles. The molecule has 3 rings (SSSR count). The number of primary sulfonamides is 1. The molecule has 1 amide bonds. The Morgan fingerprint density at radius 1 is 1.03 bits per heavy atom. The number of piperazine rings is 1. The molecule has 0 atom stereocenters. The summed E-state index contributed by atoms with van der Waals surface area (Å²) < 4.78 is 28.6. The molecule has 0 unspecified atom stereocenters. The van der Waals surface area contributed by atoms with Crippen LogP contribution in [0.3, 0.4) is 0 Å². The fourth-order valence-corrected chi connectivity index (χ4v) is 3.98. The lowest BCUT2D eigenvalue weighted by Crippen LogP contribution is -2.48. The maximum Gasteiger partial charge on any atom is 0.238 e. The monoisotopic (exact) mass is 466 g/mol. The number of anilines is 1. The average molecular weight is 467 g/mol. The van der Waals surface area contributed by atoms with Gasteiger partial charge >= 0.3 is 0 Å². The Balaban J connectivity index is 1.33. The molecule has 0 aromatic heterocycles. The van der Waals surface area contributed by atoms with Crippen LogP contribution in [0.4, 0.5) is 5.69 Å². The summed E-state index contributed by atoms with van der Waals surface area (Å²) in [6.07, 6.45) is 0.333. The average Bonchev–Trinajstić information content (AvgIpc) is 2.74. The first kappa shape index (κ1) is 23.5. The third-order valence-electron chi connectivity index (χ3n) is 5.06. The minimum atomic E-state index is -3.80. The van der Waals surface area contributed by atoms with Gasteiger partial charge in [0.15, 0.2) is 0 Å². The van der Waals surface area contributed by atoms with E-state index in [9.17, 15) is 13.2 Å². The van der Waals surface area contributed by atoms with E-state index in [2.05, 4.69) is 15.1 Å². The van der Waals surface area contributed by atoms with Gasteiger partial charge < -0.3 is 15.0 Å². The van der Waals surface area contributed by atoms with Crippen molar-refractivity contribution in [2.75, 3.05) is 51.2 Å². The first-order chi connectivity index (χ1) is 14.8. The van der Waals surface area contributed by atoms with Crippen LogP contribution in [0.15, 0.2) is 53.4 Å². The minimum absolute atomic E-state index is 0.0264. The largest absolute Gasteiger partial charge is 0.492 e. The number of halogens is 1. The molecule has 1 fully saturated rings. The van der Waals surface area contributed by atoms with Crippen LogP contribution in [0.25, 0.3) is 0 Å². The second-order valence-electron chi connectivity index (χ2n) is 7.36. The molecular weight excluding hydrogens is 440 g/mol. The second-order valence-corrected chi connectivity index (χ2v) is 9.35. The highest BCUT2D eigenvalue weighted by molar-refractivity contribution is 7.89. The molecule has 2 aromatic carbocycles. The molecule has 31 heavy (non-hydrogen) atoms. The molecule has 0 aliphatic carbocycles. The molecule has 1 aliphatic rings. The third-order valence-corrected chi connectivity index (χ3v) is 6.22. The minimum Gasteiger partial charge on any atom is -0.492 e. The van der Waals surface area contributed by atoms with Gasteiger partial charge in [0, 0.05) is 56.4 Å². The van der Waals surface area contributed by atoms with Gasteiger partial charge in [-0.15, -0.1) is 0 Å². The van der Waals surface area contributed by atoms with Crippen molar-refractivity contribution in [3.8, 4) is 5.75 Å². The molecule has 168 valence electrons. The van der Waals surface area contributed by atoms with E-state index in [1.54, 1.807) is 12.1 Å². The molecule has 1 heterocycles. The van der Waals surface area contributed by atoms with Crippen LogP contribution in [0.5, 0.6) is 5.75 Å². The van der Waals surface area contributed by atoms with E-state index in [1.807, 2.05) is 24.3 Å². The number of ether oxygens (including phenoxy) is 1. The van der Waals surface area contributed by atoms with E-state index in [0.29, 0.717) is 30.3 Å². The van der Waals surface area contributed by atoms with E-state index in [-0.39, 0.29) is 10.8 Å². The summed E-state index contributed by atoms with van der Waals surface area (Å²) in [6.45, 7) is 5.71. The Hall–Kier alpha value is -2.17. The number of hydrogen-bond donors (Lipinski definition) is 2. The van der Waals surface area contributed by atoms with Crippen LogP contribution < -0.4 is 15.2 Å². The number of rotatable bonds is 9. The lowest BCUT2D eigenvalue weighted by Gasteiger charge is -2.34. The van der Waals surface area contributed by atoms with E-state index < -0.39 is 10.0 Å². The van der Waals surface area contributed by atoms with E-state index in [1.165, 1.54) is 12.1 Å². The van der Waals surface area contributed by atoms with Gasteiger partial charge in [0.2, 0.25) is 15.9 Å². The van der Waals surface area contributed by atoms with Crippen molar-refractivity contribution in [1.82, 2.24) is 9.80 Å². The normalized spacial score (nSPS) is 15.5. The highest BCUT2D eigenvalue weighted by atomic mass is 35.5. The second kappa shape index (κ2) is 10.9. The van der Waals surface area contributed by atoms with Crippen molar-refractivity contribution in [3.63, 3.8) is 0 Å². The molecule has 3 N–H and O–H groups in total. The fraction of sp³-hybridized carbons (Fsp3) is 0.381. The number of nitrogens with zero attached hydrogens (tertiary/aromatic N) is 2. The number of nitrogens with two attached hydrogens (primary N) is 1. The van der Waals surface area contributed by atoms with Crippen LogP contribution >= 0.6 is 11.6 Å². The lowest BCUT2D eigenvalue weighted by molar-refractivity contribution is -0.116. The number of benzene rings is 2. The lowest BCUT2D eigenvalue weighted by atomic mass is 10.2. The summed E-state index contributed by atoms with van der Waals surface area (Å²) in [6, 6.07) is 13.3. The third kappa shape index (κ3) is 7.79. The van der Waals surface area contributed by atoms with E-state index in [4.69, 9.17) is 21.5 Å². The Bertz CT molecular complexity index is 977. The fourth-order valence-electron chi connectivity index (χ4n) is 3.29. The molecule has 2 aromatic rings. The number of amides is 1. The van der Waals surface area contributed by atoms with Crippen molar-refractivity contribution in [2.45, 2.75) is 11.3 Å². The van der Waals surface area contributed by atoms with Crippen molar-refractivity contribution in [1.29, 1.82) is 0 Å². The molecule has 1 aliphatic heterocycles. The van der Waals surface area contributed by atoms with Gasteiger partial charge in [0.1, 0.15) is 12.4 Å². The van der Waals surface area contributed by atoms with Crippen molar-refractivity contribution in [2.24, 2.45) is 5.14 Å². The maximum absolute atomic E-state index is 12.2. The molecule has 10 heteroatoms. The quantitative estimate of drug-likeness (QED) is 0.585. The first-order valence-corrected chi connectivity index (χ1v) is 12.0. The summed E-state index contributed by atoms with van der Waals surface area (Å²) >= 11 is 5.87. The standard InChI is InChI=1S/C21H27ClN4O4S/c22-17-4-6-19(7-5-17)30-15-14-26-12-10-25(11-13-26)9-8-21(27)24-18-2-1-3-20(16-18)31(23,28)29/h1-7,16H,8-15H2,(H,24,27)(H2,23,28,29). The number of hydrogen-bond acceptors (Lipinski definition) is 6. The zero-order chi connectivity index (χ0) is 22.3. The topological polar surface area (TPSA) is 105 Å². The van der Waals surface area contributed by atoms with Gasteiger partial charge in [0.25, 0.3) is 0 Å². The number of nitrogens with one attached hydrogen (secondary N) is 1. The van der Waals surface area contributed by atoms with Gasteiger partial charge in [0.05, 0.1) is 4.90 Å². The van der Waals surface area contributed by atoms with E-state index >= 15 is 0 Å². The van der Waals surface area contributed by atoms with Crippen molar-refractivity contribution >= 4 is 33.2 Å².